The lowest BCUT2D eigenvalue weighted by Gasteiger charge is -2.44. The summed E-state index contributed by atoms with van der Waals surface area (Å²) in [6.07, 6.45) is 5.20. The van der Waals surface area contributed by atoms with Gasteiger partial charge in [0.25, 0.3) is 0 Å². The maximum atomic E-state index is 12.9. The van der Waals surface area contributed by atoms with Gasteiger partial charge in [-0.15, -0.1) is 6.58 Å². The monoisotopic (exact) mass is 331 g/mol. The number of hydrogen-bond donors (Lipinski definition) is 0. The fraction of sp³-hybridized carbons (Fsp3) is 0.389. The van der Waals surface area contributed by atoms with Crippen LogP contribution in [0.1, 0.15) is 24.8 Å². The van der Waals surface area contributed by atoms with E-state index in [4.69, 9.17) is 0 Å². The summed E-state index contributed by atoms with van der Waals surface area (Å²) in [5.74, 6) is 0.132. The number of nitrogens with zero attached hydrogens (tertiary/aromatic N) is 1. The summed E-state index contributed by atoms with van der Waals surface area (Å²) >= 11 is 0. The lowest BCUT2D eigenvalue weighted by atomic mass is 9.69. The highest BCUT2D eigenvalue weighted by Gasteiger charge is 2.43. The van der Waals surface area contributed by atoms with E-state index in [1.807, 2.05) is 25.1 Å². The van der Waals surface area contributed by atoms with Crippen molar-refractivity contribution in [3.63, 3.8) is 0 Å². The molecule has 122 valence electrons. The molecule has 0 aromatic heterocycles. The van der Waals surface area contributed by atoms with Gasteiger partial charge in [-0.3, -0.25) is 4.79 Å². The maximum absolute atomic E-state index is 12.9. The first-order chi connectivity index (χ1) is 10.9. The zero-order valence-corrected chi connectivity index (χ0v) is 14.1. The Hall–Kier alpha value is -1.72. The normalized spacial score (nSPS) is 25.6. The number of allylic oxidation sites excluding steroid dienone is 1. The van der Waals surface area contributed by atoms with Gasteiger partial charge in [0.2, 0.25) is 10.0 Å². The molecule has 1 atom stereocenters. The third-order valence-corrected chi connectivity index (χ3v) is 6.79. The van der Waals surface area contributed by atoms with Crippen LogP contribution in [0.15, 0.2) is 53.5 Å². The van der Waals surface area contributed by atoms with Gasteiger partial charge in [0, 0.05) is 24.9 Å². The van der Waals surface area contributed by atoms with E-state index in [9.17, 15) is 13.2 Å². The SMILES string of the molecule is C=CC12CCC(=O)C=C1CCN(S(=O)(=O)c1ccc(C)cc1)C2. The van der Waals surface area contributed by atoms with Gasteiger partial charge in [0.1, 0.15) is 0 Å². The third kappa shape index (κ3) is 2.79. The van der Waals surface area contributed by atoms with Crippen molar-refractivity contribution < 1.29 is 13.2 Å². The molecule has 3 rings (SSSR count). The zero-order chi connectivity index (χ0) is 16.7. The highest BCUT2D eigenvalue weighted by atomic mass is 32.2. The van der Waals surface area contributed by atoms with E-state index in [2.05, 4.69) is 6.58 Å². The lowest BCUT2D eigenvalue weighted by Crippen LogP contribution is -2.47. The average molecular weight is 331 g/mol. The van der Waals surface area contributed by atoms with E-state index in [1.165, 1.54) is 4.31 Å². The van der Waals surface area contributed by atoms with Crippen LogP contribution in [-0.4, -0.2) is 31.6 Å². The number of fused-ring (bicyclic) bond motifs is 1. The lowest BCUT2D eigenvalue weighted by molar-refractivity contribution is -0.115. The quantitative estimate of drug-likeness (QED) is 0.800. The Kier molecular flexibility index (Phi) is 4.02. The van der Waals surface area contributed by atoms with Crippen molar-refractivity contribution in [2.75, 3.05) is 13.1 Å². The molecule has 0 N–H and O–H groups in total. The number of carbonyl (C=O) groups is 1. The second kappa shape index (κ2) is 5.73. The van der Waals surface area contributed by atoms with Gasteiger partial charge in [-0.1, -0.05) is 29.3 Å². The van der Waals surface area contributed by atoms with Gasteiger partial charge in [0.15, 0.2) is 5.78 Å². The van der Waals surface area contributed by atoms with E-state index < -0.39 is 15.4 Å². The Morgan fingerprint density at radius 3 is 2.57 bits per heavy atom. The Morgan fingerprint density at radius 2 is 1.91 bits per heavy atom. The van der Waals surface area contributed by atoms with Crippen molar-refractivity contribution in [2.45, 2.75) is 31.1 Å². The molecule has 0 saturated carbocycles. The summed E-state index contributed by atoms with van der Waals surface area (Å²) < 4.78 is 27.3. The van der Waals surface area contributed by atoms with E-state index in [0.29, 0.717) is 37.2 Å². The zero-order valence-electron chi connectivity index (χ0n) is 13.3. The molecule has 23 heavy (non-hydrogen) atoms. The molecule has 0 radical (unpaired) electrons. The summed E-state index contributed by atoms with van der Waals surface area (Å²) in [7, 11) is -3.52. The second-order valence-electron chi connectivity index (χ2n) is 6.40. The first-order valence-electron chi connectivity index (χ1n) is 7.82. The number of hydrogen-bond acceptors (Lipinski definition) is 3. The molecule has 1 heterocycles. The summed E-state index contributed by atoms with van der Waals surface area (Å²) in [6.45, 7) is 6.62. The van der Waals surface area contributed by atoms with Crippen LogP contribution in [0.2, 0.25) is 0 Å². The molecule has 1 saturated heterocycles. The Morgan fingerprint density at radius 1 is 1.22 bits per heavy atom. The van der Waals surface area contributed by atoms with Crippen LogP contribution in [-0.2, 0) is 14.8 Å². The molecular weight excluding hydrogens is 310 g/mol. The van der Waals surface area contributed by atoms with Gasteiger partial charge < -0.3 is 0 Å². The van der Waals surface area contributed by atoms with Crippen molar-refractivity contribution in [3.8, 4) is 0 Å². The highest BCUT2D eigenvalue weighted by Crippen LogP contribution is 2.44. The van der Waals surface area contributed by atoms with Crippen LogP contribution in [0, 0.1) is 12.3 Å². The van der Waals surface area contributed by atoms with Crippen LogP contribution >= 0.6 is 0 Å². The molecule has 1 fully saturated rings. The van der Waals surface area contributed by atoms with E-state index >= 15 is 0 Å². The molecule has 0 amide bonds. The molecular formula is C18H21NO3S. The van der Waals surface area contributed by atoms with Crippen LogP contribution < -0.4 is 0 Å². The number of rotatable bonds is 3. The molecule has 1 aromatic carbocycles. The summed E-state index contributed by atoms with van der Waals surface area (Å²) in [4.78, 5) is 12.0. The molecule has 4 nitrogen and oxygen atoms in total. The van der Waals surface area contributed by atoms with Gasteiger partial charge in [-0.25, -0.2) is 8.42 Å². The minimum atomic E-state index is -3.52. The second-order valence-corrected chi connectivity index (χ2v) is 8.34. The number of carbonyl (C=O) groups excluding carboxylic acids is 1. The summed E-state index contributed by atoms with van der Waals surface area (Å²) in [5.41, 5.74) is 1.66. The van der Waals surface area contributed by atoms with Crippen molar-refractivity contribution in [1.29, 1.82) is 0 Å². The molecule has 1 aromatic rings. The van der Waals surface area contributed by atoms with Crippen molar-refractivity contribution in [3.05, 3.63) is 54.1 Å². The van der Waals surface area contributed by atoms with E-state index in [1.54, 1.807) is 18.2 Å². The predicted molar refractivity (Wildman–Crippen MR) is 89.5 cm³/mol. The highest BCUT2D eigenvalue weighted by molar-refractivity contribution is 7.89. The Labute approximate surface area is 137 Å². The molecule has 1 unspecified atom stereocenters. The van der Waals surface area contributed by atoms with Crippen molar-refractivity contribution >= 4 is 15.8 Å². The number of benzene rings is 1. The van der Waals surface area contributed by atoms with Crippen LogP contribution in [0.25, 0.3) is 0 Å². The molecule has 5 heteroatoms. The molecule has 2 aliphatic rings. The van der Waals surface area contributed by atoms with Crippen molar-refractivity contribution in [2.24, 2.45) is 5.41 Å². The number of ketones is 1. The van der Waals surface area contributed by atoms with Gasteiger partial charge in [0.05, 0.1) is 4.90 Å². The number of piperidine rings is 1. The van der Waals surface area contributed by atoms with E-state index in [-0.39, 0.29) is 5.78 Å². The third-order valence-electron chi connectivity index (χ3n) is 4.93. The molecule has 0 bridgehead atoms. The smallest absolute Gasteiger partial charge is 0.243 e. The van der Waals surface area contributed by atoms with E-state index in [0.717, 1.165) is 11.1 Å². The van der Waals surface area contributed by atoms with Crippen LogP contribution in [0.3, 0.4) is 0 Å². The van der Waals surface area contributed by atoms with Crippen LogP contribution in [0.5, 0.6) is 0 Å². The minimum Gasteiger partial charge on any atom is -0.295 e. The average Bonchev–Trinajstić information content (AvgIpc) is 2.54. The molecule has 1 aliphatic carbocycles. The number of sulfonamides is 1. The van der Waals surface area contributed by atoms with Crippen LogP contribution in [0.4, 0.5) is 0 Å². The fourth-order valence-corrected chi connectivity index (χ4v) is 4.93. The van der Waals surface area contributed by atoms with Gasteiger partial charge in [-0.05, 0) is 38.0 Å². The largest absolute Gasteiger partial charge is 0.295 e. The Bertz CT molecular complexity index is 777. The molecule has 0 spiro atoms. The Balaban J connectivity index is 1.94. The molecule has 1 aliphatic heterocycles. The first-order valence-corrected chi connectivity index (χ1v) is 9.26. The van der Waals surface area contributed by atoms with Crippen molar-refractivity contribution in [1.82, 2.24) is 4.31 Å². The van der Waals surface area contributed by atoms with Gasteiger partial charge in [-0.2, -0.15) is 4.31 Å². The predicted octanol–water partition coefficient (Wildman–Crippen LogP) is 2.85. The standard InChI is InChI=1S/C18H21NO3S/c1-3-18-10-8-16(20)12-15(18)9-11-19(13-18)23(21,22)17-6-4-14(2)5-7-17/h3-7,12H,1,8-11,13H2,2H3. The fourth-order valence-electron chi connectivity index (χ4n) is 3.42. The number of aryl methyl sites for hydroxylation is 1. The first kappa shape index (κ1) is 16.1. The summed E-state index contributed by atoms with van der Waals surface area (Å²) in [5, 5.41) is 0. The minimum absolute atomic E-state index is 0.132. The maximum Gasteiger partial charge on any atom is 0.243 e. The topological polar surface area (TPSA) is 54.5 Å². The summed E-state index contributed by atoms with van der Waals surface area (Å²) in [6, 6.07) is 6.93. The van der Waals surface area contributed by atoms with Gasteiger partial charge >= 0.3 is 0 Å².